The number of amides is 1. The van der Waals surface area contributed by atoms with Crippen molar-refractivity contribution < 1.29 is 4.79 Å². The monoisotopic (exact) mass is 385 g/mol. The van der Waals surface area contributed by atoms with Crippen molar-refractivity contribution in [3.05, 3.63) is 23.8 Å². The summed E-state index contributed by atoms with van der Waals surface area (Å²) in [6.07, 6.45) is 0. The fraction of sp³-hybridized carbons (Fsp3) is 0.636. The van der Waals surface area contributed by atoms with Crippen molar-refractivity contribution in [2.75, 3.05) is 42.9 Å². The number of carbonyl (C=O) groups excluding carboxylic acids is 1. The number of anilines is 2. The lowest BCUT2D eigenvalue weighted by Gasteiger charge is -2.35. The Kier molecular flexibility index (Phi) is 7.31. The number of hydrogen-bond acceptors (Lipinski definition) is 5. The van der Waals surface area contributed by atoms with Gasteiger partial charge in [-0.1, -0.05) is 20.8 Å². The predicted molar refractivity (Wildman–Crippen MR) is 116 cm³/mol. The lowest BCUT2D eigenvalue weighted by atomic mass is 9.90. The lowest BCUT2D eigenvalue weighted by molar-refractivity contribution is -0.123. The number of carbonyl (C=O) groups is 1. The van der Waals surface area contributed by atoms with Crippen LogP contribution < -0.4 is 15.5 Å². The number of hydrogen-bond donors (Lipinski definition) is 2. The third-order valence-electron chi connectivity index (χ3n) is 5.93. The summed E-state index contributed by atoms with van der Waals surface area (Å²) < 4.78 is 0. The van der Waals surface area contributed by atoms with Gasteiger partial charge in [0.1, 0.15) is 11.6 Å². The second kappa shape index (κ2) is 9.29. The SMILES string of the molecule is CCN1CCN(c2ccc(N[C@@H](C)C(=O)N[C@](C)(C#N)C(C)C)c(C)c2)CC1. The Morgan fingerprint density at radius 3 is 2.39 bits per heavy atom. The number of rotatable bonds is 7. The van der Waals surface area contributed by atoms with E-state index in [1.54, 1.807) is 6.92 Å². The van der Waals surface area contributed by atoms with Gasteiger partial charge in [-0.2, -0.15) is 5.26 Å². The van der Waals surface area contributed by atoms with Gasteiger partial charge in [0.25, 0.3) is 0 Å². The van der Waals surface area contributed by atoms with E-state index in [4.69, 9.17) is 0 Å². The zero-order valence-electron chi connectivity index (χ0n) is 18.2. The predicted octanol–water partition coefficient (Wildman–Crippen LogP) is 2.99. The van der Waals surface area contributed by atoms with Crippen LogP contribution in [0.25, 0.3) is 0 Å². The number of nitrogens with one attached hydrogen (secondary N) is 2. The van der Waals surface area contributed by atoms with E-state index in [-0.39, 0.29) is 11.8 Å². The van der Waals surface area contributed by atoms with Gasteiger partial charge in [0, 0.05) is 37.6 Å². The zero-order valence-corrected chi connectivity index (χ0v) is 18.2. The number of aryl methyl sites for hydroxylation is 1. The average molecular weight is 386 g/mol. The quantitative estimate of drug-likeness (QED) is 0.755. The molecule has 6 heteroatoms. The summed E-state index contributed by atoms with van der Waals surface area (Å²) in [5.41, 5.74) is 2.42. The summed E-state index contributed by atoms with van der Waals surface area (Å²) in [5, 5.41) is 15.6. The molecule has 1 aromatic rings. The van der Waals surface area contributed by atoms with Crippen molar-refractivity contribution in [1.82, 2.24) is 10.2 Å². The van der Waals surface area contributed by atoms with Gasteiger partial charge in [-0.05, 0) is 57.0 Å². The summed E-state index contributed by atoms with van der Waals surface area (Å²) in [7, 11) is 0. The van der Waals surface area contributed by atoms with E-state index in [0.717, 1.165) is 44.0 Å². The lowest BCUT2D eigenvalue weighted by Crippen LogP contribution is -2.53. The summed E-state index contributed by atoms with van der Waals surface area (Å²) in [6, 6.07) is 8.15. The highest BCUT2D eigenvalue weighted by atomic mass is 16.2. The molecule has 2 rings (SSSR count). The number of nitrogens with zero attached hydrogens (tertiary/aromatic N) is 3. The molecule has 1 aliphatic heterocycles. The molecular formula is C22H35N5O. The minimum absolute atomic E-state index is 0.0304. The molecule has 2 N–H and O–H groups in total. The van der Waals surface area contributed by atoms with Gasteiger partial charge in [-0.15, -0.1) is 0 Å². The molecule has 28 heavy (non-hydrogen) atoms. The maximum atomic E-state index is 12.6. The Hall–Kier alpha value is -2.26. The van der Waals surface area contributed by atoms with Crippen LogP contribution in [0.15, 0.2) is 18.2 Å². The molecule has 2 atom stereocenters. The first-order chi connectivity index (χ1) is 13.2. The molecule has 0 aromatic heterocycles. The highest BCUT2D eigenvalue weighted by molar-refractivity contribution is 5.85. The first-order valence-electron chi connectivity index (χ1n) is 10.3. The van der Waals surface area contributed by atoms with Gasteiger partial charge in [0.05, 0.1) is 6.07 Å². The molecule has 0 saturated carbocycles. The van der Waals surface area contributed by atoms with E-state index in [0.29, 0.717) is 0 Å². The Bertz CT molecular complexity index is 718. The van der Waals surface area contributed by atoms with E-state index in [1.807, 2.05) is 26.8 Å². The molecule has 1 amide bonds. The van der Waals surface area contributed by atoms with Gasteiger partial charge in [0.15, 0.2) is 0 Å². The first-order valence-corrected chi connectivity index (χ1v) is 10.3. The first kappa shape index (κ1) is 22.0. The van der Waals surface area contributed by atoms with Crippen molar-refractivity contribution in [3.8, 4) is 6.07 Å². The largest absolute Gasteiger partial charge is 0.374 e. The standard InChI is InChI=1S/C22H35N5O/c1-7-26-10-12-27(13-11-26)19-8-9-20(17(4)14-19)24-18(5)21(28)25-22(6,15-23)16(2)3/h8-9,14,16,18,24H,7,10-13H2,1-6H3,(H,25,28)/t18-,22+/m0/s1. The molecule has 0 spiro atoms. The summed E-state index contributed by atoms with van der Waals surface area (Å²) >= 11 is 0. The summed E-state index contributed by atoms with van der Waals surface area (Å²) in [4.78, 5) is 17.5. The van der Waals surface area contributed by atoms with E-state index in [2.05, 4.69) is 52.5 Å². The molecule has 0 unspecified atom stereocenters. The fourth-order valence-electron chi connectivity index (χ4n) is 3.29. The zero-order chi connectivity index (χ0) is 20.9. The third-order valence-corrected chi connectivity index (χ3v) is 5.93. The molecule has 0 aliphatic carbocycles. The Balaban J connectivity index is 2.01. The second-order valence-electron chi connectivity index (χ2n) is 8.24. The summed E-state index contributed by atoms with van der Waals surface area (Å²) in [5.74, 6) is -0.139. The van der Waals surface area contributed by atoms with E-state index < -0.39 is 11.6 Å². The van der Waals surface area contributed by atoms with Gasteiger partial charge in [-0.25, -0.2) is 0 Å². The van der Waals surface area contributed by atoms with Gasteiger partial charge < -0.3 is 20.4 Å². The topological polar surface area (TPSA) is 71.4 Å². The second-order valence-corrected chi connectivity index (χ2v) is 8.24. The van der Waals surface area contributed by atoms with E-state index >= 15 is 0 Å². The smallest absolute Gasteiger partial charge is 0.243 e. The Morgan fingerprint density at radius 2 is 1.89 bits per heavy atom. The Morgan fingerprint density at radius 1 is 1.25 bits per heavy atom. The van der Waals surface area contributed by atoms with Crippen molar-refractivity contribution in [2.24, 2.45) is 5.92 Å². The maximum absolute atomic E-state index is 12.6. The highest BCUT2D eigenvalue weighted by Gasteiger charge is 2.31. The molecule has 1 saturated heterocycles. The van der Waals surface area contributed by atoms with Crippen LogP contribution in [0, 0.1) is 24.2 Å². The number of piperazine rings is 1. The fourth-order valence-corrected chi connectivity index (χ4v) is 3.29. The Labute approximate surface area is 169 Å². The van der Waals surface area contributed by atoms with E-state index in [9.17, 15) is 10.1 Å². The van der Waals surface area contributed by atoms with Crippen LogP contribution in [0.3, 0.4) is 0 Å². The van der Waals surface area contributed by atoms with Gasteiger partial charge >= 0.3 is 0 Å². The molecule has 0 bridgehead atoms. The van der Waals surface area contributed by atoms with Crippen LogP contribution in [0.4, 0.5) is 11.4 Å². The van der Waals surface area contributed by atoms with Crippen LogP contribution in [0.2, 0.25) is 0 Å². The molecular weight excluding hydrogens is 350 g/mol. The van der Waals surface area contributed by atoms with Crippen LogP contribution in [0.1, 0.15) is 40.2 Å². The molecule has 6 nitrogen and oxygen atoms in total. The van der Waals surface area contributed by atoms with Crippen molar-refractivity contribution in [1.29, 1.82) is 5.26 Å². The molecule has 1 aliphatic rings. The van der Waals surface area contributed by atoms with Crippen LogP contribution in [-0.4, -0.2) is 55.1 Å². The average Bonchev–Trinajstić information content (AvgIpc) is 2.69. The van der Waals surface area contributed by atoms with Gasteiger partial charge in [-0.3, -0.25) is 4.79 Å². The number of benzene rings is 1. The highest BCUT2D eigenvalue weighted by Crippen LogP contribution is 2.24. The van der Waals surface area contributed by atoms with Crippen molar-refractivity contribution in [2.45, 2.75) is 53.1 Å². The summed E-state index contributed by atoms with van der Waals surface area (Å²) in [6.45, 7) is 17.1. The molecule has 1 fully saturated rings. The van der Waals surface area contributed by atoms with Crippen LogP contribution in [0.5, 0.6) is 0 Å². The molecule has 154 valence electrons. The number of nitriles is 1. The minimum Gasteiger partial charge on any atom is -0.374 e. The minimum atomic E-state index is -0.868. The van der Waals surface area contributed by atoms with E-state index in [1.165, 1.54) is 5.69 Å². The molecule has 0 radical (unpaired) electrons. The molecule has 1 heterocycles. The molecule has 1 aromatic carbocycles. The van der Waals surface area contributed by atoms with Gasteiger partial charge in [0.2, 0.25) is 5.91 Å². The van der Waals surface area contributed by atoms with Crippen LogP contribution >= 0.6 is 0 Å². The number of likely N-dealkylation sites (N-methyl/N-ethyl adjacent to an activating group) is 1. The third kappa shape index (κ3) is 5.17. The van der Waals surface area contributed by atoms with Crippen molar-refractivity contribution in [3.63, 3.8) is 0 Å². The van der Waals surface area contributed by atoms with Crippen LogP contribution in [-0.2, 0) is 4.79 Å². The van der Waals surface area contributed by atoms with Crippen molar-refractivity contribution >= 4 is 17.3 Å². The maximum Gasteiger partial charge on any atom is 0.243 e. The normalized spacial score (nSPS) is 18.3.